The van der Waals surface area contributed by atoms with Crippen molar-refractivity contribution >= 4 is 23.5 Å². The van der Waals surface area contributed by atoms with Crippen LogP contribution in [0.2, 0.25) is 0 Å². The van der Waals surface area contributed by atoms with Crippen LogP contribution in [0.25, 0.3) is 0 Å². The quantitative estimate of drug-likeness (QED) is 0.475. The molecule has 0 aliphatic carbocycles. The lowest BCUT2D eigenvalue weighted by atomic mass is 9.89. The molecule has 16 heteroatoms. The number of carboxylic acid groups (broad SMARTS) is 2. The molecular weight excluding hydrogens is 542 g/mol. The summed E-state index contributed by atoms with van der Waals surface area (Å²) in [6.45, 7) is 2.32. The zero-order valence-corrected chi connectivity index (χ0v) is 20.0. The summed E-state index contributed by atoms with van der Waals surface area (Å²) >= 11 is 0. The summed E-state index contributed by atoms with van der Waals surface area (Å²) in [6.07, 6.45) is -1.18. The molecule has 4 rings (SSSR count). The average Bonchev–Trinajstić information content (AvgIpc) is 3.34. The Morgan fingerprint density at radius 1 is 0.974 bits per heavy atom. The lowest BCUT2D eigenvalue weighted by Crippen LogP contribution is -2.51. The van der Waals surface area contributed by atoms with Gasteiger partial charge in [0.05, 0.1) is 23.9 Å². The van der Waals surface area contributed by atoms with E-state index in [4.69, 9.17) is 24.5 Å². The normalized spacial score (nSPS) is 20.8. The number of amides is 1. The Hall–Kier alpha value is -3.79. The molecule has 4 heterocycles. The molecule has 3 N–H and O–H groups in total. The molecule has 3 atom stereocenters. The van der Waals surface area contributed by atoms with Crippen LogP contribution in [0.4, 0.5) is 32.0 Å². The highest BCUT2D eigenvalue weighted by atomic mass is 19.4. The van der Waals surface area contributed by atoms with Crippen molar-refractivity contribution in [2.75, 3.05) is 18.5 Å². The number of hydrogen-bond acceptors (Lipinski definition) is 7. The van der Waals surface area contributed by atoms with Gasteiger partial charge in [-0.25, -0.2) is 9.59 Å². The molecule has 2 aromatic heterocycles. The van der Waals surface area contributed by atoms with E-state index in [9.17, 15) is 31.1 Å². The van der Waals surface area contributed by atoms with Gasteiger partial charge in [0, 0.05) is 44.3 Å². The Bertz CT molecular complexity index is 1060. The standard InChI is InChI=1S/C19H22N4O2.2C2HF3O2/c24-19(22-16-4-2-7-21-11-16)15-9-18-17(5-8-25-18)23(13-15)12-14-3-1-6-20-10-14;2*3-2(4,5)1(6)7/h1-4,6-7,10-11,15,17-18H,5,8-9,12-13H2,(H,22,24);2*(H,6,7)/t15-,17+,18+;;/m0../s1. The van der Waals surface area contributed by atoms with Crippen molar-refractivity contribution in [3.05, 3.63) is 54.6 Å². The molecule has 2 aliphatic heterocycles. The van der Waals surface area contributed by atoms with Crippen LogP contribution >= 0.6 is 0 Å². The Morgan fingerprint density at radius 2 is 1.54 bits per heavy atom. The fourth-order valence-corrected chi connectivity index (χ4v) is 3.83. The summed E-state index contributed by atoms with van der Waals surface area (Å²) in [6, 6.07) is 8.10. The summed E-state index contributed by atoms with van der Waals surface area (Å²) in [5, 5.41) is 17.2. The molecule has 214 valence electrons. The van der Waals surface area contributed by atoms with Gasteiger partial charge in [0.2, 0.25) is 5.91 Å². The number of carbonyl (C=O) groups excluding carboxylic acids is 1. The predicted molar refractivity (Wildman–Crippen MR) is 121 cm³/mol. The minimum atomic E-state index is -5.08. The Kier molecular flexibility index (Phi) is 11.2. The van der Waals surface area contributed by atoms with Crippen molar-refractivity contribution in [3.8, 4) is 0 Å². The van der Waals surface area contributed by atoms with Gasteiger partial charge in [0.25, 0.3) is 0 Å². The van der Waals surface area contributed by atoms with Crippen LogP contribution in [-0.4, -0.2) is 80.6 Å². The first kappa shape index (κ1) is 31.4. The lowest BCUT2D eigenvalue weighted by molar-refractivity contribution is -0.193. The lowest BCUT2D eigenvalue weighted by Gasteiger charge is -2.40. The molecule has 1 amide bonds. The molecule has 2 fully saturated rings. The Morgan fingerprint density at radius 3 is 2.03 bits per heavy atom. The van der Waals surface area contributed by atoms with Gasteiger partial charge in [-0.05, 0) is 36.6 Å². The number of alkyl halides is 6. The van der Waals surface area contributed by atoms with E-state index >= 15 is 0 Å². The molecule has 0 radical (unpaired) electrons. The second-order valence-electron chi connectivity index (χ2n) is 8.33. The van der Waals surface area contributed by atoms with Crippen molar-refractivity contribution in [1.29, 1.82) is 0 Å². The van der Waals surface area contributed by atoms with Gasteiger partial charge in [-0.3, -0.25) is 19.7 Å². The number of carbonyl (C=O) groups is 3. The third-order valence-corrected chi connectivity index (χ3v) is 5.51. The number of nitrogens with zero attached hydrogens (tertiary/aromatic N) is 3. The fraction of sp³-hybridized carbons (Fsp3) is 0.435. The monoisotopic (exact) mass is 566 g/mol. The second-order valence-corrected chi connectivity index (χ2v) is 8.33. The van der Waals surface area contributed by atoms with E-state index in [-0.39, 0.29) is 17.9 Å². The van der Waals surface area contributed by atoms with Crippen LogP contribution in [-0.2, 0) is 25.7 Å². The molecule has 0 saturated carbocycles. The van der Waals surface area contributed by atoms with E-state index in [0.29, 0.717) is 6.04 Å². The largest absolute Gasteiger partial charge is 0.490 e. The topological polar surface area (TPSA) is 142 Å². The minimum Gasteiger partial charge on any atom is -0.475 e. The molecule has 10 nitrogen and oxygen atoms in total. The van der Waals surface area contributed by atoms with E-state index < -0.39 is 24.3 Å². The highest BCUT2D eigenvalue weighted by Gasteiger charge is 2.42. The highest BCUT2D eigenvalue weighted by molar-refractivity contribution is 5.92. The van der Waals surface area contributed by atoms with Crippen LogP contribution in [0, 0.1) is 5.92 Å². The van der Waals surface area contributed by atoms with Crippen LogP contribution in [0.15, 0.2) is 49.1 Å². The number of aromatic nitrogens is 2. The summed E-state index contributed by atoms with van der Waals surface area (Å²) in [7, 11) is 0. The Balaban J connectivity index is 0.000000317. The number of halogens is 6. The van der Waals surface area contributed by atoms with Gasteiger partial charge >= 0.3 is 24.3 Å². The maximum atomic E-state index is 12.7. The van der Waals surface area contributed by atoms with Crippen molar-refractivity contribution in [1.82, 2.24) is 14.9 Å². The molecule has 0 bridgehead atoms. The van der Waals surface area contributed by atoms with Crippen molar-refractivity contribution in [3.63, 3.8) is 0 Å². The molecule has 39 heavy (non-hydrogen) atoms. The number of rotatable bonds is 4. The van der Waals surface area contributed by atoms with Crippen LogP contribution in [0.3, 0.4) is 0 Å². The molecule has 0 unspecified atom stereocenters. The van der Waals surface area contributed by atoms with Crippen LogP contribution in [0.5, 0.6) is 0 Å². The summed E-state index contributed by atoms with van der Waals surface area (Å²) in [5.74, 6) is -5.56. The van der Waals surface area contributed by atoms with Crippen LogP contribution < -0.4 is 5.32 Å². The zero-order valence-electron chi connectivity index (χ0n) is 20.0. The van der Waals surface area contributed by atoms with Crippen molar-refractivity contribution in [2.24, 2.45) is 5.92 Å². The SMILES string of the molecule is O=C(Nc1cccnc1)[C@H]1C[C@H]2OCC[C@H]2N(Cc2cccnc2)C1.O=C(O)C(F)(F)F.O=C(O)C(F)(F)F. The van der Waals surface area contributed by atoms with E-state index in [2.05, 4.69) is 26.3 Å². The van der Waals surface area contributed by atoms with E-state index in [0.717, 1.165) is 38.2 Å². The molecule has 0 aromatic carbocycles. The fourth-order valence-electron chi connectivity index (χ4n) is 3.83. The maximum Gasteiger partial charge on any atom is 0.490 e. The van der Waals surface area contributed by atoms with E-state index in [1.54, 1.807) is 18.6 Å². The number of nitrogens with one attached hydrogen (secondary N) is 1. The predicted octanol–water partition coefficient (Wildman–Crippen LogP) is 3.36. The van der Waals surface area contributed by atoms with Gasteiger partial charge in [-0.2, -0.15) is 26.3 Å². The number of likely N-dealkylation sites (tertiary alicyclic amines) is 1. The number of piperidine rings is 1. The highest BCUT2D eigenvalue weighted by Crippen LogP contribution is 2.32. The number of pyridine rings is 2. The summed E-state index contributed by atoms with van der Waals surface area (Å²) < 4.78 is 69.4. The van der Waals surface area contributed by atoms with Gasteiger partial charge in [0.15, 0.2) is 0 Å². The molecule has 2 saturated heterocycles. The number of anilines is 1. The van der Waals surface area contributed by atoms with Gasteiger partial charge < -0.3 is 20.3 Å². The third-order valence-electron chi connectivity index (χ3n) is 5.51. The van der Waals surface area contributed by atoms with Gasteiger partial charge in [-0.15, -0.1) is 0 Å². The van der Waals surface area contributed by atoms with Crippen LogP contribution in [0.1, 0.15) is 18.4 Å². The second kappa shape index (κ2) is 13.8. The summed E-state index contributed by atoms with van der Waals surface area (Å²) in [5.41, 5.74) is 1.90. The average molecular weight is 566 g/mol. The Labute approximate surface area is 217 Å². The first-order valence-corrected chi connectivity index (χ1v) is 11.2. The maximum absolute atomic E-state index is 12.7. The van der Waals surface area contributed by atoms with E-state index in [1.165, 1.54) is 5.56 Å². The number of hydrogen-bond donors (Lipinski definition) is 3. The number of aliphatic carboxylic acids is 2. The first-order valence-electron chi connectivity index (χ1n) is 11.2. The number of fused-ring (bicyclic) bond motifs is 1. The molecule has 2 aromatic rings. The van der Waals surface area contributed by atoms with Gasteiger partial charge in [-0.1, -0.05) is 6.07 Å². The van der Waals surface area contributed by atoms with Crippen molar-refractivity contribution in [2.45, 2.75) is 43.9 Å². The molecular formula is C23H24F6N4O6. The first-order chi connectivity index (χ1) is 18.2. The number of carboxylic acids is 2. The molecule has 2 aliphatic rings. The molecule has 0 spiro atoms. The smallest absolute Gasteiger partial charge is 0.475 e. The van der Waals surface area contributed by atoms with Crippen molar-refractivity contribution < 1.29 is 55.7 Å². The third kappa shape index (κ3) is 10.5. The summed E-state index contributed by atoms with van der Waals surface area (Å²) in [4.78, 5) is 41.1. The van der Waals surface area contributed by atoms with E-state index in [1.807, 2.05) is 24.4 Å². The number of ether oxygens (including phenoxy) is 1. The van der Waals surface area contributed by atoms with Gasteiger partial charge in [0.1, 0.15) is 0 Å². The zero-order chi connectivity index (χ0) is 29.2. The minimum absolute atomic E-state index is 0.0399.